The molecule has 31 heavy (non-hydrogen) atoms. The number of thiol groups is 1. The van der Waals surface area contributed by atoms with E-state index in [0.29, 0.717) is 31.6 Å². The first-order valence-corrected chi connectivity index (χ1v) is 11.9. The number of likely N-dealkylation sites (tertiary alicyclic amines) is 1. The standard InChI is InChI=1S/C18H30N4O7S2/c1-31-8-6-10(19)17(27)22-7-2-3-13(22)16(26)21-12(9-30)15(25)20-11(18(28)29)4-5-14(23)24/h10-13,30H,2-9,19H2,1H3,(H,20,25)(H,21,26)(H,23,24)(H,28,29). The van der Waals surface area contributed by atoms with Crippen LogP contribution in [0.15, 0.2) is 0 Å². The van der Waals surface area contributed by atoms with E-state index < -0.39 is 54.3 Å². The molecule has 1 heterocycles. The maximum atomic E-state index is 12.7. The number of hydrogen-bond donors (Lipinski definition) is 6. The fourth-order valence-corrected chi connectivity index (χ4v) is 3.89. The van der Waals surface area contributed by atoms with Crippen molar-refractivity contribution in [3.05, 3.63) is 0 Å². The van der Waals surface area contributed by atoms with Crippen LogP contribution in [0.1, 0.15) is 32.1 Å². The molecule has 0 aliphatic carbocycles. The van der Waals surface area contributed by atoms with Crippen LogP contribution >= 0.6 is 24.4 Å². The van der Waals surface area contributed by atoms with Crippen LogP contribution in [0.3, 0.4) is 0 Å². The van der Waals surface area contributed by atoms with Crippen molar-refractivity contribution in [3.63, 3.8) is 0 Å². The third-order valence-electron chi connectivity index (χ3n) is 4.87. The Hall–Kier alpha value is -1.99. The number of nitrogens with one attached hydrogen (secondary N) is 2. The monoisotopic (exact) mass is 478 g/mol. The zero-order valence-corrected chi connectivity index (χ0v) is 19.0. The van der Waals surface area contributed by atoms with Gasteiger partial charge in [0.1, 0.15) is 18.1 Å². The van der Waals surface area contributed by atoms with Gasteiger partial charge in [-0.3, -0.25) is 19.2 Å². The average molecular weight is 479 g/mol. The number of nitrogens with zero attached hydrogens (tertiary/aromatic N) is 1. The quantitative estimate of drug-likeness (QED) is 0.179. The Bertz CT molecular complexity index is 679. The molecule has 1 fully saturated rings. The smallest absolute Gasteiger partial charge is 0.326 e. The minimum Gasteiger partial charge on any atom is -0.481 e. The third-order valence-corrected chi connectivity index (χ3v) is 5.87. The highest BCUT2D eigenvalue weighted by Gasteiger charge is 2.37. The van der Waals surface area contributed by atoms with Crippen molar-refractivity contribution in [1.82, 2.24) is 15.5 Å². The number of hydrogen-bond acceptors (Lipinski definition) is 8. The second-order valence-electron chi connectivity index (χ2n) is 7.15. The van der Waals surface area contributed by atoms with Gasteiger partial charge in [0.15, 0.2) is 0 Å². The van der Waals surface area contributed by atoms with Gasteiger partial charge in [-0.05, 0) is 37.7 Å². The van der Waals surface area contributed by atoms with Gasteiger partial charge < -0.3 is 31.5 Å². The molecule has 1 rings (SSSR count). The number of carbonyl (C=O) groups excluding carboxylic acids is 3. The Kier molecular flexibility index (Phi) is 11.7. The molecule has 0 aromatic heterocycles. The van der Waals surface area contributed by atoms with Crippen molar-refractivity contribution in [2.75, 3.05) is 24.3 Å². The van der Waals surface area contributed by atoms with Gasteiger partial charge in [-0.25, -0.2) is 4.79 Å². The lowest BCUT2D eigenvalue weighted by molar-refractivity contribution is -0.144. The summed E-state index contributed by atoms with van der Waals surface area (Å²) in [6.45, 7) is 0.387. The maximum Gasteiger partial charge on any atom is 0.326 e. The lowest BCUT2D eigenvalue weighted by Crippen LogP contribution is -2.57. The Labute approximate surface area is 190 Å². The number of carboxylic acid groups (broad SMARTS) is 2. The predicted molar refractivity (Wildman–Crippen MR) is 118 cm³/mol. The molecule has 11 nitrogen and oxygen atoms in total. The van der Waals surface area contributed by atoms with Gasteiger partial charge in [0.05, 0.1) is 6.04 Å². The molecule has 6 N–H and O–H groups in total. The molecule has 0 spiro atoms. The summed E-state index contributed by atoms with van der Waals surface area (Å²) in [5.41, 5.74) is 5.94. The van der Waals surface area contributed by atoms with E-state index in [-0.39, 0.29) is 18.1 Å². The van der Waals surface area contributed by atoms with E-state index in [1.54, 1.807) is 11.8 Å². The fourth-order valence-electron chi connectivity index (χ4n) is 3.14. The van der Waals surface area contributed by atoms with Gasteiger partial charge in [-0.1, -0.05) is 0 Å². The maximum absolute atomic E-state index is 12.7. The first kappa shape index (κ1) is 27.0. The second kappa shape index (κ2) is 13.4. The van der Waals surface area contributed by atoms with Gasteiger partial charge in [0.25, 0.3) is 0 Å². The molecule has 0 aromatic carbocycles. The molecule has 176 valence electrons. The van der Waals surface area contributed by atoms with E-state index in [1.807, 2.05) is 6.26 Å². The molecule has 13 heteroatoms. The summed E-state index contributed by atoms with van der Waals surface area (Å²) >= 11 is 5.61. The molecule has 0 aromatic rings. The largest absolute Gasteiger partial charge is 0.481 e. The van der Waals surface area contributed by atoms with E-state index in [4.69, 9.17) is 10.8 Å². The van der Waals surface area contributed by atoms with Crippen molar-refractivity contribution >= 4 is 54.1 Å². The number of thioether (sulfide) groups is 1. The fraction of sp³-hybridized carbons (Fsp3) is 0.722. The van der Waals surface area contributed by atoms with E-state index in [9.17, 15) is 29.1 Å². The number of carboxylic acids is 2. The number of amides is 3. The van der Waals surface area contributed by atoms with Gasteiger partial charge in [0.2, 0.25) is 17.7 Å². The lowest BCUT2D eigenvalue weighted by atomic mass is 10.1. The molecule has 3 amide bonds. The van der Waals surface area contributed by atoms with Crippen LogP contribution in [0.25, 0.3) is 0 Å². The summed E-state index contributed by atoms with van der Waals surface area (Å²) < 4.78 is 0. The number of carbonyl (C=O) groups is 5. The Morgan fingerprint density at radius 3 is 2.39 bits per heavy atom. The highest BCUT2D eigenvalue weighted by Crippen LogP contribution is 2.19. The zero-order chi connectivity index (χ0) is 23.6. The first-order valence-electron chi connectivity index (χ1n) is 9.83. The summed E-state index contributed by atoms with van der Waals surface area (Å²) in [5.74, 6) is -3.64. The number of nitrogens with two attached hydrogens (primary N) is 1. The minimum atomic E-state index is -1.41. The summed E-state index contributed by atoms with van der Waals surface area (Å²) in [6, 6.07) is -4.05. The molecule has 1 aliphatic heterocycles. The van der Waals surface area contributed by atoms with E-state index in [1.165, 1.54) is 4.90 Å². The molecule has 0 saturated carbocycles. The van der Waals surface area contributed by atoms with Gasteiger partial charge in [-0.15, -0.1) is 0 Å². The Morgan fingerprint density at radius 2 is 1.84 bits per heavy atom. The van der Waals surface area contributed by atoms with Gasteiger partial charge >= 0.3 is 11.9 Å². The van der Waals surface area contributed by atoms with Crippen molar-refractivity contribution in [2.45, 2.75) is 56.3 Å². The predicted octanol–water partition coefficient (Wildman–Crippen LogP) is -1.09. The van der Waals surface area contributed by atoms with Crippen LogP contribution in [0, 0.1) is 0 Å². The highest BCUT2D eigenvalue weighted by atomic mass is 32.2. The van der Waals surface area contributed by atoms with Crippen LogP contribution in [-0.4, -0.2) is 93.2 Å². The summed E-state index contributed by atoms with van der Waals surface area (Å²) in [4.78, 5) is 61.2. The van der Waals surface area contributed by atoms with Gasteiger partial charge in [0, 0.05) is 18.7 Å². The minimum absolute atomic E-state index is 0.114. The number of rotatable bonds is 13. The molecule has 4 unspecified atom stereocenters. The van der Waals surface area contributed by atoms with Crippen LogP contribution in [0.5, 0.6) is 0 Å². The van der Waals surface area contributed by atoms with Crippen LogP contribution in [0.2, 0.25) is 0 Å². The molecule has 4 atom stereocenters. The SMILES string of the molecule is CSCCC(N)C(=O)N1CCCC1C(=O)NC(CS)C(=O)NC(CCC(=O)O)C(=O)O. The van der Waals surface area contributed by atoms with Crippen molar-refractivity contribution in [1.29, 1.82) is 0 Å². The molecular formula is C18H30N4O7S2. The van der Waals surface area contributed by atoms with Crippen molar-refractivity contribution in [3.8, 4) is 0 Å². The molecule has 0 bridgehead atoms. The van der Waals surface area contributed by atoms with Crippen molar-refractivity contribution < 1.29 is 34.2 Å². The molecule has 0 radical (unpaired) electrons. The van der Waals surface area contributed by atoms with Gasteiger partial charge in [-0.2, -0.15) is 24.4 Å². The topological polar surface area (TPSA) is 179 Å². The van der Waals surface area contributed by atoms with Crippen molar-refractivity contribution in [2.24, 2.45) is 5.73 Å². The van der Waals surface area contributed by atoms with Crippen LogP contribution in [0.4, 0.5) is 0 Å². The normalized spacial score (nSPS) is 18.7. The molecule has 1 aliphatic rings. The lowest BCUT2D eigenvalue weighted by Gasteiger charge is -2.28. The summed E-state index contributed by atoms with van der Waals surface area (Å²) in [5, 5.41) is 22.6. The zero-order valence-electron chi connectivity index (χ0n) is 17.3. The van der Waals surface area contributed by atoms with Crippen LogP contribution < -0.4 is 16.4 Å². The van der Waals surface area contributed by atoms with Crippen LogP contribution in [-0.2, 0) is 24.0 Å². The highest BCUT2D eigenvalue weighted by molar-refractivity contribution is 7.98. The second-order valence-corrected chi connectivity index (χ2v) is 8.50. The molecular weight excluding hydrogens is 448 g/mol. The number of aliphatic carboxylic acids is 2. The summed E-state index contributed by atoms with van der Waals surface area (Å²) in [7, 11) is 0. The molecule has 1 saturated heterocycles. The summed E-state index contributed by atoms with van der Waals surface area (Å²) in [6.07, 6.45) is 2.69. The van der Waals surface area contributed by atoms with E-state index in [0.717, 1.165) is 0 Å². The Balaban J connectivity index is 2.75. The van der Waals surface area contributed by atoms with E-state index in [2.05, 4.69) is 23.3 Å². The first-order chi connectivity index (χ1) is 14.6. The van der Waals surface area contributed by atoms with E-state index >= 15 is 0 Å². The average Bonchev–Trinajstić information content (AvgIpc) is 3.21. The third kappa shape index (κ3) is 8.57. The Morgan fingerprint density at radius 1 is 1.16 bits per heavy atom.